The summed E-state index contributed by atoms with van der Waals surface area (Å²) < 4.78 is 43.2. The number of ether oxygens (including phenoxy) is 1. The Bertz CT molecular complexity index is 737. The summed E-state index contributed by atoms with van der Waals surface area (Å²) in [5, 5.41) is 5.94. The SMILES string of the molecule is O=C(Nc1ccc(NCC2CCCO2)cc1)c1ccc(C(F)(F)F)cc1. The van der Waals surface area contributed by atoms with E-state index in [2.05, 4.69) is 10.6 Å². The molecule has 0 spiro atoms. The van der Waals surface area contributed by atoms with Crippen molar-refractivity contribution in [3.8, 4) is 0 Å². The Morgan fingerprint density at radius 1 is 1.04 bits per heavy atom. The second-order valence-corrected chi connectivity index (χ2v) is 6.12. The molecule has 3 rings (SSSR count). The molecule has 0 bridgehead atoms. The summed E-state index contributed by atoms with van der Waals surface area (Å²) in [5.41, 5.74) is 0.861. The molecule has 1 saturated heterocycles. The molecule has 1 unspecified atom stereocenters. The highest BCUT2D eigenvalue weighted by atomic mass is 19.4. The van der Waals surface area contributed by atoms with Crippen molar-refractivity contribution in [2.75, 3.05) is 23.8 Å². The Balaban J connectivity index is 1.55. The maximum Gasteiger partial charge on any atom is 0.416 e. The van der Waals surface area contributed by atoms with Crippen LogP contribution in [0.1, 0.15) is 28.8 Å². The zero-order chi connectivity index (χ0) is 18.6. The van der Waals surface area contributed by atoms with E-state index in [-0.39, 0.29) is 11.7 Å². The molecule has 0 saturated carbocycles. The van der Waals surface area contributed by atoms with E-state index in [0.29, 0.717) is 5.69 Å². The van der Waals surface area contributed by atoms with Gasteiger partial charge in [-0.1, -0.05) is 0 Å². The summed E-state index contributed by atoms with van der Waals surface area (Å²) in [7, 11) is 0. The smallest absolute Gasteiger partial charge is 0.382 e. The number of alkyl halides is 3. The lowest BCUT2D eigenvalue weighted by molar-refractivity contribution is -0.137. The van der Waals surface area contributed by atoms with E-state index in [0.717, 1.165) is 55.9 Å². The van der Waals surface area contributed by atoms with Crippen LogP contribution in [0.25, 0.3) is 0 Å². The molecule has 1 aliphatic rings. The molecule has 1 amide bonds. The third kappa shape index (κ3) is 4.76. The first-order valence-corrected chi connectivity index (χ1v) is 8.36. The molecule has 1 aliphatic heterocycles. The van der Waals surface area contributed by atoms with Crippen LogP contribution in [0.2, 0.25) is 0 Å². The molecule has 0 aliphatic carbocycles. The fraction of sp³-hybridized carbons (Fsp3) is 0.316. The molecule has 7 heteroatoms. The summed E-state index contributed by atoms with van der Waals surface area (Å²) in [4.78, 5) is 12.1. The molecule has 0 radical (unpaired) electrons. The highest BCUT2D eigenvalue weighted by Crippen LogP contribution is 2.29. The minimum absolute atomic E-state index is 0.165. The van der Waals surface area contributed by atoms with E-state index >= 15 is 0 Å². The van der Waals surface area contributed by atoms with Gasteiger partial charge in [-0.2, -0.15) is 13.2 Å². The van der Waals surface area contributed by atoms with Gasteiger partial charge in [-0.3, -0.25) is 4.79 Å². The van der Waals surface area contributed by atoms with Crippen molar-refractivity contribution in [2.24, 2.45) is 0 Å². The van der Waals surface area contributed by atoms with Crippen LogP contribution in [0.5, 0.6) is 0 Å². The predicted octanol–water partition coefficient (Wildman–Crippen LogP) is 4.55. The molecule has 2 aromatic rings. The van der Waals surface area contributed by atoms with Crippen LogP contribution in [0.4, 0.5) is 24.5 Å². The van der Waals surface area contributed by atoms with Crippen molar-refractivity contribution in [1.29, 1.82) is 0 Å². The van der Waals surface area contributed by atoms with Crippen molar-refractivity contribution in [3.05, 3.63) is 59.7 Å². The first-order chi connectivity index (χ1) is 12.4. The Labute approximate surface area is 149 Å². The van der Waals surface area contributed by atoms with Gasteiger partial charge in [-0.25, -0.2) is 0 Å². The van der Waals surface area contributed by atoms with Crippen LogP contribution in [-0.4, -0.2) is 25.2 Å². The van der Waals surface area contributed by atoms with Crippen LogP contribution in [0.3, 0.4) is 0 Å². The van der Waals surface area contributed by atoms with Gasteiger partial charge in [-0.15, -0.1) is 0 Å². The van der Waals surface area contributed by atoms with E-state index in [1.54, 1.807) is 12.1 Å². The summed E-state index contributed by atoms with van der Waals surface area (Å²) in [6, 6.07) is 11.2. The van der Waals surface area contributed by atoms with Crippen LogP contribution >= 0.6 is 0 Å². The second kappa shape index (κ2) is 7.78. The van der Waals surface area contributed by atoms with Crippen molar-refractivity contribution < 1.29 is 22.7 Å². The quantitative estimate of drug-likeness (QED) is 0.818. The zero-order valence-corrected chi connectivity index (χ0v) is 14.0. The van der Waals surface area contributed by atoms with Gasteiger partial charge in [0, 0.05) is 30.1 Å². The Hall–Kier alpha value is -2.54. The molecule has 2 N–H and O–H groups in total. The number of carbonyl (C=O) groups is 1. The highest BCUT2D eigenvalue weighted by molar-refractivity contribution is 6.04. The van der Waals surface area contributed by atoms with Gasteiger partial charge in [0.25, 0.3) is 5.91 Å². The molecule has 2 aromatic carbocycles. The van der Waals surface area contributed by atoms with Gasteiger partial charge < -0.3 is 15.4 Å². The minimum atomic E-state index is -4.42. The Morgan fingerprint density at radius 3 is 2.27 bits per heavy atom. The van der Waals surface area contributed by atoms with Gasteiger partial charge >= 0.3 is 6.18 Å². The molecule has 1 heterocycles. The molecule has 1 atom stereocenters. The Morgan fingerprint density at radius 2 is 1.69 bits per heavy atom. The number of halogens is 3. The largest absolute Gasteiger partial charge is 0.416 e. The number of hydrogen-bond acceptors (Lipinski definition) is 3. The summed E-state index contributed by atoms with van der Waals surface area (Å²) >= 11 is 0. The maximum atomic E-state index is 12.6. The van der Waals surface area contributed by atoms with E-state index in [9.17, 15) is 18.0 Å². The van der Waals surface area contributed by atoms with Crippen LogP contribution < -0.4 is 10.6 Å². The number of rotatable bonds is 5. The van der Waals surface area contributed by atoms with E-state index in [4.69, 9.17) is 4.74 Å². The third-order valence-corrected chi connectivity index (χ3v) is 4.18. The van der Waals surface area contributed by atoms with Gasteiger partial charge in [0.2, 0.25) is 0 Å². The second-order valence-electron chi connectivity index (χ2n) is 6.12. The number of hydrogen-bond donors (Lipinski definition) is 2. The van der Waals surface area contributed by atoms with Crippen LogP contribution in [0.15, 0.2) is 48.5 Å². The summed E-state index contributed by atoms with van der Waals surface area (Å²) in [6.45, 7) is 1.54. The van der Waals surface area contributed by atoms with Gasteiger partial charge in [0.05, 0.1) is 11.7 Å². The molecular formula is C19H19F3N2O2. The zero-order valence-electron chi connectivity index (χ0n) is 14.0. The molecule has 4 nitrogen and oxygen atoms in total. The number of nitrogens with one attached hydrogen (secondary N) is 2. The third-order valence-electron chi connectivity index (χ3n) is 4.18. The number of carbonyl (C=O) groups excluding carboxylic acids is 1. The van der Waals surface area contributed by atoms with E-state index in [1.165, 1.54) is 0 Å². The normalized spacial score (nSPS) is 17.1. The van der Waals surface area contributed by atoms with Crippen molar-refractivity contribution in [2.45, 2.75) is 25.1 Å². The lowest BCUT2D eigenvalue weighted by Gasteiger charge is -2.12. The maximum absolute atomic E-state index is 12.6. The predicted molar refractivity (Wildman–Crippen MR) is 93.3 cm³/mol. The lowest BCUT2D eigenvalue weighted by atomic mass is 10.1. The average molecular weight is 364 g/mol. The fourth-order valence-corrected chi connectivity index (χ4v) is 2.72. The van der Waals surface area contributed by atoms with Gasteiger partial charge in [0.1, 0.15) is 0 Å². The highest BCUT2D eigenvalue weighted by Gasteiger charge is 2.30. The first kappa shape index (κ1) is 18.3. The lowest BCUT2D eigenvalue weighted by Crippen LogP contribution is -2.18. The van der Waals surface area contributed by atoms with Gasteiger partial charge in [-0.05, 0) is 61.4 Å². The van der Waals surface area contributed by atoms with Crippen LogP contribution in [-0.2, 0) is 10.9 Å². The van der Waals surface area contributed by atoms with Crippen molar-refractivity contribution in [3.63, 3.8) is 0 Å². The molecule has 0 aromatic heterocycles. The molecule has 26 heavy (non-hydrogen) atoms. The van der Waals surface area contributed by atoms with Crippen LogP contribution in [0, 0.1) is 0 Å². The fourth-order valence-electron chi connectivity index (χ4n) is 2.72. The average Bonchev–Trinajstić information content (AvgIpc) is 3.14. The standard InChI is InChI=1S/C19H19F3N2O2/c20-19(21,22)14-5-3-13(4-6-14)18(25)24-16-9-7-15(8-10-16)23-12-17-2-1-11-26-17/h3-10,17,23H,1-2,11-12H2,(H,24,25). The summed E-state index contributed by atoms with van der Waals surface area (Å²) in [6.07, 6.45) is -2.05. The van der Waals surface area contributed by atoms with Crippen molar-refractivity contribution in [1.82, 2.24) is 0 Å². The number of anilines is 2. The number of benzene rings is 2. The summed E-state index contributed by atoms with van der Waals surface area (Å²) in [5.74, 6) is -0.459. The van der Waals surface area contributed by atoms with E-state index < -0.39 is 17.6 Å². The monoisotopic (exact) mass is 364 g/mol. The van der Waals surface area contributed by atoms with Gasteiger partial charge in [0.15, 0.2) is 0 Å². The van der Waals surface area contributed by atoms with Crippen molar-refractivity contribution >= 4 is 17.3 Å². The minimum Gasteiger partial charge on any atom is -0.382 e. The number of amides is 1. The first-order valence-electron chi connectivity index (χ1n) is 8.36. The molecule has 138 valence electrons. The molecule has 1 fully saturated rings. The topological polar surface area (TPSA) is 50.4 Å². The Kier molecular flexibility index (Phi) is 5.46. The van der Waals surface area contributed by atoms with E-state index in [1.807, 2.05) is 12.1 Å². The molecular weight excluding hydrogens is 345 g/mol.